The molecule has 0 aliphatic heterocycles. The molecule has 0 heterocycles. The van der Waals surface area contributed by atoms with Gasteiger partial charge in [0.25, 0.3) is 0 Å². The molecule has 0 saturated heterocycles. The van der Waals surface area contributed by atoms with Crippen LogP contribution in [0.4, 0.5) is 0 Å². The third-order valence-corrected chi connectivity index (χ3v) is 2.97. The molecular weight excluding hydrogens is 172 g/mol. The van der Waals surface area contributed by atoms with Crippen LogP contribution in [0.1, 0.15) is 19.3 Å². The minimum atomic E-state index is 0.767. The van der Waals surface area contributed by atoms with Gasteiger partial charge in [-0.2, -0.15) is 0 Å². The van der Waals surface area contributed by atoms with E-state index in [1.54, 1.807) is 0 Å². The van der Waals surface area contributed by atoms with Crippen molar-refractivity contribution in [3.05, 3.63) is 48.0 Å². The molecule has 0 amide bonds. The standard InChI is InChI=1S/C13H14O/c1-2-4-12(5-3-1)14-13-7-6-10-8-11(10)9-13/h2,4-7,9-11H,1,3,8H2. The summed E-state index contributed by atoms with van der Waals surface area (Å²) in [7, 11) is 0. The van der Waals surface area contributed by atoms with Crippen LogP contribution in [0.3, 0.4) is 0 Å². The van der Waals surface area contributed by atoms with Crippen LogP contribution in [0.2, 0.25) is 0 Å². The van der Waals surface area contributed by atoms with Gasteiger partial charge in [-0.3, -0.25) is 0 Å². The molecule has 0 N–H and O–H groups in total. The predicted octanol–water partition coefficient (Wildman–Crippen LogP) is 3.33. The molecule has 0 aromatic rings. The lowest BCUT2D eigenvalue weighted by atomic mass is 10.1. The van der Waals surface area contributed by atoms with E-state index in [4.69, 9.17) is 4.74 Å². The van der Waals surface area contributed by atoms with Crippen molar-refractivity contribution in [2.24, 2.45) is 11.8 Å². The predicted molar refractivity (Wildman–Crippen MR) is 56.4 cm³/mol. The highest BCUT2D eigenvalue weighted by atomic mass is 16.5. The summed E-state index contributed by atoms with van der Waals surface area (Å²) in [5, 5.41) is 0. The molecule has 0 bridgehead atoms. The van der Waals surface area contributed by atoms with Crippen LogP contribution in [0.5, 0.6) is 0 Å². The van der Waals surface area contributed by atoms with Gasteiger partial charge in [0.2, 0.25) is 0 Å². The highest BCUT2D eigenvalue weighted by molar-refractivity contribution is 5.29. The normalized spacial score (nSPS) is 33.1. The molecule has 0 spiro atoms. The van der Waals surface area contributed by atoms with Crippen molar-refractivity contribution in [3.8, 4) is 0 Å². The van der Waals surface area contributed by atoms with Crippen molar-refractivity contribution in [2.75, 3.05) is 0 Å². The van der Waals surface area contributed by atoms with Crippen molar-refractivity contribution in [1.29, 1.82) is 0 Å². The molecule has 1 heteroatoms. The average molecular weight is 186 g/mol. The second-order valence-corrected chi connectivity index (χ2v) is 4.18. The number of allylic oxidation sites excluding steroid dienone is 6. The fourth-order valence-corrected chi connectivity index (χ4v) is 2.00. The van der Waals surface area contributed by atoms with Gasteiger partial charge in [-0.05, 0) is 55.4 Å². The lowest BCUT2D eigenvalue weighted by Crippen LogP contribution is -1.95. The summed E-state index contributed by atoms with van der Waals surface area (Å²) < 4.78 is 5.78. The zero-order chi connectivity index (χ0) is 9.38. The molecule has 1 fully saturated rings. The fraction of sp³-hybridized carbons (Fsp3) is 0.385. The number of hydrogen-bond donors (Lipinski definition) is 0. The van der Waals surface area contributed by atoms with E-state index in [2.05, 4.69) is 36.5 Å². The third kappa shape index (κ3) is 1.54. The molecule has 14 heavy (non-hydrogen) atoms. The Morgan fingerprint density at radius 2 is 2.07 bits per heavy atom. The molecule has 2 unspecified atom stereocenters. The van der Waals surface area contributed by atoms with Crippen molar-refractivity contribution in [2.45, 2.75) is 19.3 Å². The van der Waals surface area contributed by atoms with Crippen LogP contribution < -0.4 is 0 Å². The summed E-state index contributed by atoms with van der Waals surface area (Å²) in [6.07, 6.45) is 16.6. The van der Waals surface area contributed by atoms with Crippen LogP contribution in [0.15, 0.2) is 48.0 Å². The first-order valence-corrected chi connectivity index (χ1v) is 5.36. The summed E-state index contributed by atoms with van der Waals surface area (Å²) in [5.41, 5.74) is 0. The van der Waals surface area contributed by atoms with Crippen LogP contribution in [-0.4, -0.2) is 0 Å². The summed E-state index contributed by atoms with van der Waals surface area (Å²) in [4.78, 5) is 0. The number of ether oxygens (including phenoxy) is 1. The van der Waals surface area contributed by atoms with Crippen LogP contribution in [-0.2, 0) is 4.74 Å². The van der Waals surface area contributed by atoms with Crippen molar-refractivity contribution < 1.29 is 4.74 Å². The SMILES string of the molecule is C1=CC(OC2=CC3CC3C=C2)=CCC1. The Morgan fingerprint density at radius 1 is 1.07 bits per heavy atom. The van der Waals surface area contributed by atoms with Crippen LogP contribution >= 0.6 is 0 Å². The van der Waals surface area contributed by atoms with Gasteiger partial charge in [0.1, 0.15) is 11.5 Å². The molecule has 0 aromatic heterocycles. The second-order valence-electron chi connectivity index (χ2n) is 4.18. The molecule has 3 aliphatic rings. The minimum Gasteiger partial charge on any atom is -0.458 e. The van der Waals surface area contributed by atoms with E-state index in [0.29, 0.717) is 0 Å². The van der Waals surface area contributed by atoms with E-state index in [-0.39, 0.29) is 0 Å². The molecule has 0 radical (unpaired) electrons. The third-order valence-electron chi connectivity index (χ3n) is 2.97. The van der Waals surface area contributed by atoms with E-state index >= 15 is 0 Å². The van der Waals surface area contributed by atoms with Crippen molar-refractivity contribution >= 4 is 0 Å². The maximum atomic E-state index is 5.78. The topological polar surface area (TPSA) is 9.23 Å². The van der Waals surface area contributed by atoms with Gasteiger partial charge in [-0.25, -0.2) is 0 Å². The zero-order valence-electron chi connectivity index (χ0n) is 8.15. The van der Waals surface area contributed by atoms with Gasteiger partial charge in [-0.15, -0.1) is 0 Å². The maximum absolute atomic E-state index is 5.78. The number of fused-ring (bicyclic) bond motifs is 1. The lowest BCUT2D eigenvalue weighted by molar-refractivity contribution is 0.328. The molecule has 72 valence electrons. The summed E-state index contributed by atoms with van der Waals surface area (Å²) >= 11 is 0. The highest BCUT2D eigenvalue weighted by Crippen LogP contribution is 2.44. The molecule has 2 atom stereocenters. The molecule has 1 saturated carbocycles. The second kappa shape index (κ2) is 3.16. The number of rotatable bonds is 2. The van der Waals surface area contributed by atoms with Crippen LogP contribution in [0, 0.1) is 11.8 Å². The van der Waals surface area contributed by atoms with E-state index in [0.717, 1.165) is 36.2 Å². The first kappa shape index (κ1) is 8.10. The Kier molecular flexibility index (Phi) is 1.83. The Morgan fingerprint density at radius 3 is 2.86 bits per heavy atom. The fourth-order valence-electron chi connectivity index (χ4n) is 2.00. The largest absolute Gasteiger partial charge is 0.458 e. The van der Waals surface area contributed by atoms with Gasteiger partial charge >= 0.3 is 0 Å². The zero-order valence-corrected chi connectivity index (χ0v) is 8.15. The maximum Gasteiger partial charge on any atom is 0.123 e. The van der Waals surface area contributed by atoms with Gasteiger partial charge in [-0.1, -0.05) is 12.2 Å². The highest BCUT2D eigenvalue weighted by Gasteiger charge is 2.35. The summed E-state index contributed by atoms with van der Waals surface area (Å²) in [5.74, 6) is 3.62. The van der Waals surface area contributed by atoms with Crippen LogP contribution in [0.25, 0.3) is 0 Å². The van der Waals surface area contributed by atoms with Gasteiger partial charge in [0.15, 0.2) is 0 Å². The van der Waals surface area contributed by atoms with Crippen molar-refractivity contribution in [3.63, 3.8) is 0 Å². The van der Waals surface area contributed by atoms with E-state index in [1.807, 2.05) is 0 Å². The molecule has 3 aliphatic carbocycles. The Labute approximate surface area is 84.5 Å². The molecule has 3 rings (SSSR count). The number of hydrogen-bond acceptors (Lipinski definition) is 1. The van der Waals surface area contributed by atoms with E-state index in [9.17, 15) is 0 Å². The molecule has 1 nitrogen and oxygen atoms in total. The molecule has 0 aromatic carbocycles. The van der Waals surface area contributed by atoms with Gasteiger partial charge < -0.3 is 4.74 Å². The summed E-state index contributed by atoms with van der Waals surface area (Å²) in [6.45, 7) is 0. The lowest BCUT2D eigenvalue weighted by Gasteiger charge is -2.11. The van der Waals surface area contributed by atoms with Gasteiger partial charge in [0.05, 0.1) is 0 Å². The van der Waals surface area contributed by atoms with Gasteiger partial charge in [0, 0.05) is 0 Å². The first-order chi connectivity index (χ1) is 6.92. The smallest absolute Gasteiger partial charge is 0.123 e. The monoisotopic (exact) mass is 186 g/mol. The van der Waals surface area contributed by atoms with E-state index < -0.39 is 0 Å². The van der Waals surface area contributed by atoms with E-state index in [1.165, 1.54) is 6.42 Å². The summed E-state index contributed by atoms with van der Waals surface area (Å²) in [6, 6.07) is 0. The quantitative estimate of drug-likeness (QED) is 0.642. The Hall–Kier alpha value is -1.24. The Bertz CT molecular complexity index is 357. The minimum absolute atomic E-state index is 0.767. The average Bonchev–Trinajstić information content (AvgIpc) is 2.97. The van der Waals surface area contributed by atoms with Crippen molar-refractivity contribution in [1.82, 2.24) is 0 Å². The molecular formula is C13H14O. The Balaban J connectivity index is 1.69. The first-order valence-electron chi connectivity index (χ1n) is 5.36.